The lowest BCUT2D eigenvalue weighted by atomic mass is 10.2. The summed E-state index contributed by atoms with van der Waals surface area (Å²) in [6.45, 7) is 2.15. The second-order valence-electron chi connectivity index (χ2n) is 4.16. The van der Waals surface area contributed by atoms with Gasteiger partial charge in [0.1, 0.15) is 0 Å². The van der Waals surface area contributed by atoms with Gasteiger partial charge in [0.05, 0.1) is 12.2 Å². The first-order valence-corrected chi connectivity index (χ1v) is 7.37. The van der Waals surface area contributed by atoms with Crippen molar-refractivity contribution >= 4 is 39.1 Å². The Bertz CT molecular complexity index is 679. The van der Waals surface area contributed by atoms with Gasteiger partial charge in [0.25, 0.3) is 5.91 Å². The average Bonchev–Trinajstić information content (AvgIpc) is 2.41. The van der Waals surface area contributed by atoms with Gasteiger partial charge in [-0.3, -0.25) is 4.79 Å². The van der Waals surface area contributed by atoms with Gasteiger partial charge in [0.2, 0.25) is 0 Å². The van der Waals surface area contributed by atoms with E-state index in [9.17, 15) is 9.18 Å². The van der Waals surface area contributed by atoms with Gasteiger partial charge in [-0.05, 0) is 53.2 Å². The van der Waals surface area contributed by atoms with E-state index in [1.54, 1.807) is 31.2 Å². The molecule has 0 heterocycles. The summed E-state index contributed by atoms with van der Waals surface area (Å²) in [5.41, 5.74) is 0.761. The maximum absolute atomic E-state index is 13.7. The van der Waals surface area contributed by atoms with E-state index in [0.717, 1.165) is 0 Å². The van der Waals surface area contributed by atoms with Crippen molar-refractivity contribution in [1.29, 1.82) is 0 Å². The molecule has 0 saturated carbocycles. The predicted octanol–water partition coefficient (Wildman–Crippen LogP) is 4.89. The number of anilines is 1. The highest BCUT2D eigenvalue weighted by atomic mass is 79.9. The number of hydrogen-bond donors (Lipinski definition) is 1. The van der Waals surface area contributed by atoms with Crippen LogP contribution in [0.1, 0.15) is 17.3 Å². The number of halogens is 3. The lowest BCUT2D eigenvalue weighted by Gasteiger charge is -2.09. The third-order valence-corrected chi connectivity index (χ3v) is 3.56. The van der Waals surface area contributed by atoms with Crippen LogP contribution < -0.4 is 10.1 Å². The van der Waals surface area contributed by atoms with Crippen LogP contribution in [0.2, 0.25) is 5.02 Å². The Hall–Kier alpha value is -1.59. The molecule has 0 radical (unpaired) electrons. The Balaban J connectivity index is 2.17. The zero-order valence-corrected chi connectivity index (χ0v) is 13.5. The lowest BCUT2D eigenvalue weighted by molar-refractivity contribution is 0.102. The monoisotopic (exact) mass is 371 g/mol. The minimum atomic E-state index is -0.523. The van der Waals surface area contributed by atoms with E-state index in [2.05, 4.69) is 21.2 Å². The first-order valence-electron chi connectivity index (χ1n) is 6.20. The third kappa shape index (κ3) is 3.95. The maximum Gasteiger partial charge on any atom is 0.256 e. The van der Waals surface area contributed by atoms with Crippen molar-refractivity contribution in [2.24, 2.45) is 0 Å². The van der Waals surface area contributed by atoms with Crippen LogP contribution in [-0.4, -0.2) is 12.5 Å². The van der Waals surface area contributed by atoms with Crippen molar-refractivity contribution in [2.75, 3.05) is 11.9 Å². The molecule has 0 spiro atoms. The van der Waals surface area contributed by atoms with Crippen LogP contribution in [0.5, 0.6) is 5.75 Å². The summed E-state index contributed by atoms with van der Waals surface area (Å²) >= 11 is 9.09. The first-order chi connectivity index (χ1) is 10.0. The second-order valence-corrected chi connectivity index (χ2v) is 5.45. The summed E-state index contributed by atoms with van der Waals surface area (Å²) in [6, 6.07) is 9.09. The highest BCUT2D eigenvalue weighted by Crippen LogP contribution is 2.24. The molecule has 0 bridgehead atoms. The number of nitrogens with one attached hydrogen (secondary N) is 1. The van der Waals surface area contributed by atoms with Crippen molar-refractivity contribution in [3.05, 3.63) is 57.3 Å². The molecule has 0 aliphatic heterocycles. The van der Waals surface area contributed by atoms with Gasteiger partial charge >= 0.3 is 0 Å². The van der Waals surface area contributed by atoms with Crippen LogP contribution in [0.3, 0.4) is 0 Å². The molecule has 3 nitrogen and oxygen atoms in total. The van der Waals surface area contributed by atoms with E-state index in [0.29, 0.717) is 27.4 Å². The summed E-state index contributed by atoms with van der Waals surface area (Å²) in [5.74, 6) is -0.727. The summed E-state index contributed by atoms with van der Waals surface area (Å²) in [6.07, 6.45) is 0. The minimum absolute atomic E-state index is 0.156. The second kappa shape index (κ2) is 6.91. The molecule has 0 aliphatic carbocycles. The Morgan fingerprint density at radius 2 is 2.10 bits per heavy atom. The van der Waals surface area contributed by atoms with Crippen molar-refractivity contribution in [3.8, 4) is 5.75 Å². The molecule has 0 aromatic heterocycles. The molecule has 0 atom stereocenters. The zero-order valence-electron chi connectivity index (χ0n) is 11.1. The number of carbonyl (C=O) groups is 1. The number of benzene rings is 2. The molecule has 6 heteroatoms. The van der Waals surface area contributed by atoms with Crippen molar-refractivity contribution in [2.45, 2.75) is 6.92 Å². The van der Waals surface area contributed by atoms with Gasteiger partial charge in [-0.2, -0.15) is 0 Å². The SMILES string of the molecule is CCOc1ccc(NC(=O)c2ccc(Cl)cc2Br)cc1F. The topological polar surface area (TPSA) is 38.3 Å². The van der Waals surface area contributed by atoms with E-state index < -0.39 is 5.82 Å². The van der Waals surface area contributed by atoms with E-state index in [1.807, 2.05) is 0 Å². The van der Waals surface area contributed by atoms with Crippen LogP contribution >= 0.6 is 27.5 Å². The van der Waals surface area contributed by atoms with Gasteiger partial charge in [-0.1, -0.05) is 11.6 Å². The highest BCUT2D eigenvalue weighted by molar-refractivity contribution is 9.10. The fourth-order valence-corrected chi connectivity index (χ4v) is 2.59. The van der Waals surface area contributed by atoms with Crippen molar-refractivity contribution < 1.29 is 13.9 Å². The molecular formula is C15H12BrClFNO2. The normalized spacial score (nSPS) is 10.3. The fraction of sp³-hybridized carbons (Fsp3) is 0.133. The first kappa shape index (κ1) is 15.8. The summed E-state index contributed by atoms with van der Waals surface area (Å²) in [5, 5.41) is 3.14. The Kier molecular flexibility index (Phi) is 5.20. The Morgan fingerprint density at radius 1 is 1.33 bits per heavy atom. The number of amides is 1. The van der Waals surface area contributed by atoms with Crippen molar-refractivity contribution in [1.82, 2.24) is 0 Å². The average molecular weight is 373 g/mol. The molecule has 0 aliphatic rings. The van der Waals surface area contributed by atoms with Crippen LogP contribution in [0.4, 0.5) is 10.1 Å². The molecule has 0 unspecified atom stereocenters. The fourth-order valence-electron chi connectivity index (χ4n) is 1.72. The summed E-state index contributed by atoms with van der Waals surface area (Å²) in [7, 11) is 0. The van der Waals surface area contributed by atoms with Crippen LogP contribution in [0, 0.1) is 5.82 Å². The molecule has 21 heavy (non-hydrogen) atoms. The number of carbonyl (C=O) groups excluding carboxylic acids is 1. The van der Waals surface area contributed by atoms with Crippen LogP contribution in [-0.2, 0) is 0 Å². The van der Waals surface area contributed by atoms with E-state index in [1.165, 1.54) is 12.1 Å². The maximum atomic E-state index is 13.7. The predicted molar refractivity (Wildman–Crippen MR) is 84.7 cm³/mol. The molecule has 110 valence electrons. The van der Waals surface area contributed by atoms with Gasteiger partial charge in [0, 0.05) is 21.2 Å². The van der Waals surface area contributed by atoms with Gasteiger partial charge in [-0.15, -0.1) is 0 Å². The zero-order chi connectivity index (χ0) is 15.4. The largest absolute Gasteiger partial charge is 0.491 e. The Labute approximate surface area is 135 Å². The summed E-state index contributed by atoms with van der Waals surface area (Å²) in [4.78, 5) is 12.1. The van der Waals surface area contributed by atoms with Gasteiger partial charge < -0.3 is 10.1 Å². The number of rotatable bonds is 4. The minimum Gasteiger partial charge on any atom is -0.491 e. The Morgan fingerprint density at radius 3 is 2.71 bits per heavy atom. The molecule has 2 aromatic rings. The van der Waals surface area contributed by atoms with Gasteiger partial charge in [-0.25, -0.2) is 4.39 Å². The third-order valence-electron chi connectivity index (χ3n) is 2.67. The smallest absolute Gasteiger partial charge is 0.256 e. The molecule has 2 rings (SSSR count). The van der Waals surface area contributed by atoms with Crippen LogP contribution in [0.25, 0.3) is 0 Å². The number of ether oxygens (including phenoxy) is 1. The molecule has 0 saturated heterocycles. The highest BCUT2D eigenvalue weighted by Gasteiger charge is 2.12. The summed E-state index contributed by atoms with van der Waals surface area (Å²) < 4.78 is 19.4. The lowest BCUT2D eigenvalue weighted by Crippen LogP contribution is -2.12. The van der Waals surface area contributed by atoms with Gasteiger partial charge in [0.15, 0.2) is 11.6 Å². The van der Waals surface area contributed by atoms with E-state index in [4.69, 9.17) is 16.3 Å². The molecule has 1 N–H and O–H groups in total. The van der Waals surface area contributed by atoms with Crippen molar-refractivity contribution in [3.63, 3.8) is 0 Å². The quantitative estimate of drug-likeness (QED) is 0.829. The molecular weight excluding hydrogens is 361 g/mol. The molecule has 0 fully saturated rings. The van der Waals surface area contributed by atoms with E-state index >= 15 is 0 Å². The van der Waals surface area contributed by atoms with Crippen LogP contribution in [0.15, 0.2) is 40.9 Å². The van der Waals surface area contributed by atoms with E-state index in [-0.39, 0.29) is 11.7 Å². The molecule has 1 amide bonds. The number of hydrogen-bond acceptors (Lipinski definition) is 2. The molecule has 2 aromatic carbocycles. The standard InChI is InChI=1S/C15H12BrClFNO2/c1-2-21-14-6-4-10(8-13(14)18)19-15(20)11-5-3-9(17)7-12(11)16/h3-8H,2H2,1H3,(H,19,20).